The fraction of sp³-hybridized carbons (Fsp3) is 0.800. The minimum Gasteiger partial charge on any atom is -0.341 e. The van der Waals surface area contributed by atoms with Gasteiger partial charge in [-0.05, 0) is 45.2 Å². The highest BCUT2D eigenvalue weighted by Gasteiger charge is 2.23. The van der Waals surface area contributed by atoms with E-state index < -0.39 is 0 Å². The molecular formula is C15H26ClN5. The molecule has 1 aliphatic rings. The van der Waals surface area contributed by atoms with E-state index in [2.05, 4.69) is 45.5 Å². The molecule has 5 nitrogen and oxygen atoms in total. The Balaban J connectivity index is 2.27. The predicted octanol–water partition coefficient (Wildman–Crippen LogP) is 3.53. The molecule has 1 aromatic rings. The number of halogens is 1. The topological polar surface area (TPSA) is 45.2 Å². The van der Waals surface area contributed by atoms with E-state index >= 15 is 0 Å². The first-order chi connectivity index (χ1) is 10.2. The van der Waals surface area contributed by atoms with E-state index in [4.69, 9.17) is 11.6 Å². The maximum Gasteiger partial charge on any atom is 0.231 e. The third-order valence-electron chi connectivity index (χ3n) is 4.24. The first-order valence-electron chi connectivity index (χ1n) is 8.12. The molecule has 0 amide bonds. The number of aromatic nitrogens is 3. The van der Waals surface area contributed by atoms with Crippen LogP contribution in [0.2, 0.25) is 5.28 Å². The van der Waals surface area contributed by atoms with Crippen LogP contribution in [0.1, 0.15) is 52.9 Å². The summed E-state index contributed by atoms with van der Waals surface area (Å²) in [5.41, 5.74) is 0. The summed E-state index contributed by atoms with van der Waals surface area (Å²) in [4.78, 5) is 17.7. The third kappa shape index (κ3) is 3.96. The molecule has 0 atom stereocenters. The first kappa shape index (κ1) is 16.3. The van der Waals surface area contributed by atoms with Gasteiger partial charge < -0.3 is 9.80 Å². The summed E-state index contributed by atoms with van der Waals surface area (Å²) in [6.07, 6.45) is 6.37. The van der Waals surface area contributed by atoms with Crippen LogP contribution in [0.3, 0.4) is 0 Å². The first-order valence-corrected chi connectivity index (χ1v) is 8.50. The van der Waals surface area contributed by atoms with Gasteiger partial charge in [-0.3, -0.25) is 0 Å². The molecule has 6 heteroatoms. The van der Waals surface area contributed by atoms with Gasteiger partial charge in [0.15, 0.2) is 0 Å². The SMILES string of the molecule is CCN(CC)c1nc(Cl)nc(N(CC)C2CCCCC2)n1. The minimum atomic E-state index is 0.288. The van der Waals surface area contributed by atoms with Gasteiger partial charge >= 0.3 is 0 Å². The molecule has 0 bridgehead atoms. The van der Waals surface area contributed by atoms with Gasteiger partial charge in [0, 0.05) is 25.7 Å². The lowest BCUT2D eigenvalue weighted by Crippen LogP contribution is -2.38. The van der Waals surface area contributed by atoms with Crippen LogP contribution < -0.4 is 9.80 Å². The van der Waals surface area contributed by atoms with E-state index in [-0.39, 0.29) is 5.28 Å². The second-order valence-corrected chi connectivity index (χ2v) is 5.79. The second kappa shape index (κ2) is 7.78. The zero-order valence-electron chi connectivity index (χ0n) is 13.3. The molecule has 1 aliphatic carbocycles. The van der Waals surface area contributed by atoms with Crippen LogP contribution in [-0.4, -0.2) is 40.6 Å². The molecule has 0 radical (unpaired) electrons. The molecule has 1 fully saturated rings. The van der Waals surface area contributed by atoms with Crippen molar-refractivity contribution in [2.24, 2.45) is 0 Å². The average Bonchev–Trinajstić information content (AvgIpc) is 2.50. The highest BCUT2D eigenvalue weighted by atomic mass is 35.5. The Morgan fingerprint density at radius 1 is 0.905 bits per heavy atom. The van der Waals surface area contributed by atoms with E-state index in [0.717, 1.165) is 25.6 Å². The monoisotopic (exact) mass is 311 g/mol. The number of anilines is 2. The summed E-state index contributed by atoms with van der Waals surface area (Å²) in [6, 6.07) is 0.534. The standard InChI is InChI=1S/C15H26ClN5/c1-4-20(5-2)14-17-13(16)18-15(19-14)21(6-3)12-10-8-7-9-11-12/h12H,4-11H2,1-3H3. The fourth-order valence-corrected chi connectivity index (χ4v) is 3.21. The molecule has 0 aliphatic heterocycles. The Morgan fingerprint density at radius 2 is 1.52 bits per heavy atom. The van der Waals surface area contributed by atoms with Crippen molar-refractivity contribution >= 4 is 23.5 Å². The molecule has 0 spiro atoms. The summed E-state index contributed by atoms with van der Waals surface area (Å²) in [5.74, 6) is 1.41. The Kier molecular flexibility index (Phi) is 6.03. The molecular weight excluding hydrogens is 286 g/mol. The van der Waals surface area contributed by atoms with Crippen molar-refractivity contribution in [2.45, 2.75) is 58.9 Å². The highest BCUT2D eigenvalue weighted by Crippen LogP contribution is 2.26. The zero-order valence-corrected chi connectivity index (χ0v) is 14.1. The molecule has 2 rings (SSSR count). The van der Waals surface area contributed by atoms with Crippen molar-refractivity contribution in [2.75, 3.05) is 29.4 Å². The molecule has 0 aromatic carbocycles. The molecule has 1 heterocycles. The lowest BCUT2D eigenvalue weighted by molar-refractivity contribution is 0.414. The van der Waals surface area contributed by atoms with Crippen molar-refractivity contribution in [1.82, 2.24) is 15.0 Å². The van der Waals surface area contributed by atoms with Gasteiger partial charge in [-0.25, -0.2) is 0 Å². The van der Waals surface area contributed by atoms with Crippen LogP contribution in [0, 0.1) is 0 Å². The van der Waals surface area contributed by atoms with Crippen molar-refractivity contribution in [1.29, 1.82) is 0 Å². The van der Waals surface area contributed by atoms with Crippen molar-refractivity contribution in [3.05, 3.63) is 5.28 Å². The van der Waals surface area contributed by atoms with Crippen LogP contribution in [0.15, 0.2) is 0 Å². The number of rotatable bonds is 6. The van der Waals surface area contributed by atoms with Crippen molar-refractivity contribution in [3.63, 3.8) is 0 Å². The van der Waals surface area contributed by atoms with Crippen LogP contribution in [-0.2, 0) is 0 Å². The van der Waals surface area contributed by atoms with E-state index in [1.807, 2.05) is 0 Å². The zero-order chi connectivity index (χ0) is 15.2. The number of hydrogen-bond acceptors (Lipinski definition) is 5. The van der Waals surface area contributed by atoms with Crippen LogP contribution >= 0.6 is 11.6 Å². The van der Waals surface area contributed by atoms with Gasteiger partial charge in [0.05, 0.1) is 0 Å². The molecule has 21 heavy (non-hydrogen) atoms. The minimum absolute atomic E-state index is 0.288. The number of nitrogens with zero attached hydrogens (tertiary/aromatic N) is 5. The van der Waals surface area contributed by atoms with E-state index in [1.54, 1.807) is 0 Å². The Bertz CT molecular complexity index is 444. The molecule has 0 saturated heterocycles. The number of hydrogen-bond donors (Lipinski definition) is 0. The predicted molar refractivity (Wildman–Crippen MR) is 88.3 cm³/mol. The maximum absolute atomic E-state index is 6.13. The second-order valence-electron chi connectivity index (χ2n) is 5.45. The van der Waals surface area contributed by atoms with E-state index in [9.17, 15) is 0 Å². The van der Waals surface area contributed by atoms with Crippen LogP contribution in [0.5, 0.6) is 0 Å². The Hall–Kier alpha value is -1.10. The van der Waals surface area contributed by atoms with Gasteiger partial charge in [0.2, 0.25) is 17.2 Å². The molecule has 0 N–H and O–H groups in total. The summed E-state index contributed by atoms with van der Waals surface area (Å²) >= 11 is 6.13. The summed E-state index contributed by atoms with van der Waals surface area (Å²) in [7, 11) is 0. The average molecular weight is 312 g/mol. The van der Waals surface area contributed by atoms with E-state index in [0.29, 0.717) is 12.0 Å². The molecule has 1 saturated carbocycles. The summed E-state index contributed by atoms with van der Waals surface area (Å²) in [6.45, 7) is 8.99. The molecule has 0 unspecified atom stereocenters. The van der Waals surface area contributed by atoms with Crippen LogP contribution in [0.4, 0.5) is 11.9 Å². The fourth-order valence-electron chi connectivity index (χ4n) is 3.06. The summed E-state index contributed by atoms with van der Waals surface area (Å²) in [5, 5.41) is 0.288. The lowest BCUT2D eigenvalue weighted by atomic mass is 9.94. The third-order valence-corrected chi connectivity index (χ3v) is 4.41. The Labute approximate surface area is 132 Å². The largest absolute Gasteiger partial charge is 0.341 e. The quantitative estimate of drug-likeness (QED) is 0.804. The smallest absolute Gasteiger partial charge is 0.231 e. The molecule has 118 valence electrons. The van der Waals surface area contributed by atoms with Crippen LogP contribution in [0.25, 0.3) is 0 Å². The lowest BCUT2D eigenvalue weighted by Gasteiger charge is -2.34. The maximum atomic E-state index is 6.13. The highest BCUT2D eigenvalue weighted by molar-refractivity contribution is 6.28. The molecule has 1 aromatic heterocycles. The van der Waals surface area contributed by atoms with Crippen molar-refractivity contribution < 1.29 is 0 Å². The van der Waals surface area contributed by atoms with Gasteiger partial charge in [0.1, 0.15) is 0 Å². The van der Waals surface area contributed by atoms with Gasteiger partial charge in [-0.1, -0.05) is 19.3 Å². The van der Waals surface area contributed by atoms with Gasteiger partial charge in [-0.15, -0.1) is 0 Å². The normalized spacial score (nSPS) is 16.0. The van der Waals surface area contributed by atoms with Gasteiger partial charge in [0.25, 0.3) is 0 Å². The summed E-state index contributed by atoms with van der Waals surface area (Å²) < 4.78 is 0. The van der Waals surface area contributed by atoms with Crippen molar-refractivity contribution in [3.8, 4) is 0 Å². The van der Waals surface area contributed by atoms with Gasteiger partial charge in [-0.2, -0.15) is 15.0 Å². The van der Waals surface area contributed by atoms with E-state index in [1.165, 1.54) is 32.1 Å². The Morgan fingerprint density at radius 3 is 2.10 bits per heavy atom.